The molecule has 0 saturated carbocycles. The number of urea groups is 1. The molecule has 0 bridgehead atoms. The number of rotatable bonds is 6. The minimum Gasteiger partial charge on any atom is -0.481 e. The Balaban J connectivity index is 2.77. The minimum atomic E-state index is -3.27. The first-order valence-electron chi connectivity index (χ1n) is 7.28. The van der Waals surface area contributed by atoms with Gasteiger partial charge in [-0.2, -0.15) is 0 Å². The van der Waals surface area contributed by atoms with Crippen LogP contribution in [0.5, 0.6) is 0 Å². The molecule has 122 valence electrons. The van der Waals surface area contributed by atoms with E-state index in [9.17, 15) is 18.0 Å². The van der Waals surface area contributed by atoms with Crippen molar-refractivity contribution in [3.8, 4) is 0 Å². The van der Waals surface area contributed by atoms with Gasteiger partial charge in [0.1, 0.15) is 0 Å². The molecule has 7 nitrogen and oxygen atoms in total. The van der Waals surface area contributed by atoms with Crippen LogP contribution >= 0.6 is 0 Å². The van der Waals surface area contributed by atoms with Crippen molar-refractivity contribution < 1.29 is 23.1 Å². The first kappa shape index (κ1) is 17.7. The molecule has 1 heterocycles. The van der Waals surface area contributed by atoms with Crippen molar-refractivity contribution >= 4 is 21.8 Å². The Morgan fingerprint density at radius 2 is 2.05 bits per heavy atom. The second-order valence-electron chi connectivity index (χ2n) is 5.40. The molecule has 21 heavy (non-hydrogen) atoms. The number of carbonyl (C=O) groups is 2. The van der Waals surface area contributed by atoms with E-state index in [2.05, 4.69) is 5.32 Å². The van der Waals surface area contributed by atoms with Gasteiger partial charge in [-0.3, -0.25) is 4.79 Å². The summed E-state index contributed by atoms with van der Waals surface area (Å²) < 4.78 is 23.3. The minimum absolute atomic E-state index is 0.0338. The Kier molecular flexibility index (Phi) is 6.44. The van der Waals surface area contributed by atoms with Crippen LogP contribution in [0.25, 0.3) is 0 Å². The van der Waals surface area contributed by atoms with Crippen molar-refractivity contribution in [2.45, 2.75) is 51.6 Å². The molecule has 0 aromatic heterocycles. The van der Waals surface area contributed by atoms with Crippen LogP contribution in [-0.4, -0.2) is 60.6 Å². The third kappa shape index (κ3) is 5.53. The zero-order chi connectivity index (χ0) is 16.0. The molecule has 2 amide bonds. The number of sulfone groups is 1. The Morgan fingerprint density at radius 1 is 1.38 bits per heavy atom. The third-order valence-corrected chi connectivity index (χ3v) is 5.36. The van der Waals surface area contributed by atoms with Crippen molar-refractivity contribution in [3.63, 3.8) is 0 Å². The molecule has 8 heteroatoms. The number of aliphatic carboxylic acids is 1. The Morgan fingerprint density at radius 3 is 2.57 bits per heavy atom. The van der Waals surface area contributed by atoms with Crippen molar-refractivity contribution in [1.82, 2.24) is 10.2 Å². The van der Waals surface area contributed by atoms with E-state index in [1.54, 1.807) is 0 Å². The van der Waals surface area contributed by atoms with Gasteiger partial charge in [0, 0.05) is 12.6 Å². The Hall–Kier alpha value is -1.31. The lowest BCUT2D eigenvalue weighted by Crippen LogP contribution is -2.56. The van der Waals surface area contributed by atoms with Crippen LogP contribution in [0.3, 0.4) is 0 Å². The summed E-state index contributed by atoms with van der Waals surface area (Å²) in [5.41, 5.74) is 0. The SMILES string of the molecule is CCCC(CC)NC(=O)N1CCS(=O)(=O)CC1CC(=O)O. The summed E-state index contributed by atoms with van der Waals surface area (Å²) in [5, 5.41) is 11.8. The maximum atomic E-state index is 12.3. The van der Waals surface area contributed by atoms with Gasteiger partial charge < -0.3 is 15.3 Å². The highest BCUT2D eigenvalue weighted by Gasteiger charge is 2.35. The van der Waals surface area contributed by atoms with Gasteiger partial charge in [-0.15, -0.1) is 0 Å². The first-order chi connectivity index (χ1) is 9.79. The van der Waals surface area contributed by atoms with Crippen molar-refractivity contribution in [2.24, 2.45) is 0 Å². The average molecular weight is 320 g/mol. The monoisotopic (exact) mass is 320 g/mol. The molecule has 1 rings (SSSR count). The summed E-state index contributed by atoms with van der Waals surface area (Å²) in [6, 6.07) is -1.12. The molecule has 1 aliphatic heterocycles. The van der Waals surface area contributed by atoms with Crippen LogP contribution in [0, 0.1) is 0 Å². The lowest BCUT2D eigenvalue weighted by molar-refractivity contribution is -0.138. The van der Waals surface area contributed by atoms with E-state index >= 15 is 0 Å². The van der Waals surface area contributed by atoms with E-state index in [4.69, 9.17) is 5.11 Å². The van der Waals surface area contributed by atoms with Gasteiger partial charge in [0.25, 0.3) is 0 Å². The van der Waals surface area contributed by atoms with E-state index in [-0.39, 0.29) is 36.5 Å². The molecule has 0 aromatic rings. The van der Waals surface area contributed by atoms with E-state index in [1.807, 2.05) is 13.8 Å². The molecule has 0 aliphatic carbocycles. The number of amides is 2. The highest BCUT2D eigenvalue weighted by molar-refractivity contribution is 7.91. The number of carboxylic acid groups (broad SMARTS) is 1. The molecule has 0 radical (unpaired) electrons. The summed E-state index contributed by atoms with van der Waals surface area (Å²) in [5.74, 6) is -1.49. The molecular formula is C13H24N2O5S. The standard InChI is InChI=1S/C13H24N2O5S/c1-3-5-10(4-2)14-13(18)15-6-7-21(19,20)9-11(15)8-12(16)17/h10-11H,3-9H2,1-2H3,(H,14,18)(H,16,17). The van der Waals surface area contributed by atoms with Crippen LogP contribution in [0.4, 0.5) is 4.79 Å². The molecule has 1 fully saturated rings. The fraction of sp³-hybridized carbons (Fsp3) is 0.846. The predicted molar refractivity (Wildman–Crippen MR) is 78.9 cm³/mol. The van der Waals surface area contributed by atoms with Crippen LogP contribution in [-0.2, 0) is 14.6 Å². The summed E-state index contributed by atoms with van der Waals surface area (Å²) in [6.07, 6.45) is 2.22. The number of hydrogen-bond donors (Lipinski definition) is 2. The van der Waals surface area contributed by atoms with Crippen LogP contribution < -0.4 is 5.32 Å². The van der Waals surface area contributed by atoms with E-state index in [1.165, 1.54) is 4.90 Å². The summed E-state index contributed by atoms with van der Waals surface area (Å²) in [4.78, 5) is 24.5. The summed E-state index contributed by atoms with van der Waals surface area (Å²) in [6.45, 7) is 4.04. The maximum Gasteiger partial charge on any atom is 0.317 e. The first-order valence-corrected chi connectivity index (χ1v) is 9.10. The van der Waals surface area contributed by atoms with Crippen LogP contribution in [0.15, 0.2) is 0 Å². The number of carboxylic acids is 1. The highest BCUT2D eigenvalue weighted by Crippen LogP contribution is 2.16. The van der Waals surface area contributed by atoms with Crippen molar-refractivity contribution in [2.75, 3.05) is 18.1 Å². The molecule has 0 spiro atoms. The van der Waals surface area contributed by atoms with Crippen LogP contribution in [0.2, 0.25) is 0 Å². The fourth-order valence-electron chi connectivity index (χ4n) is 2.51. The van der Waals surface area contributed by atoms with Gasteiger partial charge in [0.05, 0.1) is 24.0 Å². The fourth-order valence-corrected chi connectivity index (χ4v) is 4.03. The largest absolute Gasteiger partial charge is 0.481 e. The average Bonchev–Trinajstić information content (AvgIpc) is 2.36. The number of nitrogens with zero attached hydrogens (tertiary/aromatic N) is 1. The van der Waals surface area contributed by atoms with Crippen LogP contribution in [0.1, 0.15) is 39.5 Å². The zero-order valence-electron chi connectivity index (χ0n) is 12.5. The Bertz CT molecular complexity index is 477. The van der Waals surface area contributed by atoms with Gasteiger partial charge in [-0.05, 0) is 12.8 Å². The molecule has 2 atom stereocenters. The second kappa shape index (κ2) is 7.63. The normalized spacial score (nSPS) is 22.6. The quantitative estimate of drug-likeness (QED) is 0.755. The van der Waals surface area contributed by atoms with E-state index in [0.29, 0.717) is 0 Å². The third-order valence-electron chi connectivity index (χ3n) is 3.66. The highest BCUT2D eigenvalue weighted by atomic mass is 32.2. The maximum absolute atomic E-state index is 12.3. The number of carbonyl (C=O) groups excluding carboxylic acids is 1. The lowest BCUT2D eigenvalue weighted by atomic mass is 10.1. The number of nitrogens with one attached hydrogen (secondary N) is 1. The molecule has 1 saturated heterocycles. The van der Waals surface area contributed by atoms with E-state index < -0.39 is 21.8 Å². The van der Waals surface area contributed by atoms with Gasteiger partial charge >= 0.3 is 12.0 Å². The van der Waals surface area contributed by atoms with Gasteiger partial charge in [-0.1, -0.05) is 20.3 Å². The summed E-state index contributed by atoms with van der Waals surface area (Å²) >= 11 is 0. The van der Waals surface area contributed by atoms with Gasteiger partial charge in [-0.25, -0.2) is 13.2 Å². The molecule has 2 N–H and O–H groups in total. The van der Waals surface area contributed by atoms with Gasteiger partial charge in [0.2, 0.25) is 0 Å². The van der Waals surface area contributed by atoms with Crippen molar-refractivity contribution in [1.29, 1.82) is 0 Å². The Labute approximate surface area is 125 Å². The topological polar surface area (TPSA) is 104 Å². The molecule has 2 unspecified atom stereocenters. The van der Waals surface area contributed by atoms with Crippen molar-refractivity contribution in [3.05, 3.63) is 0 Å². The van der Waals surface area contributed by atoms with E-state index in [0.717, 1.165) is 19.3 Å². The summed E-state index contributed by atoms with van der Waals surface area (Å²) in [7, 11) is -3.27. The second-order valence-corrected chi connectivity index (χ2v) is 7.63. The predicted octanol–water partition coefficient (Wildman–Crippen LogP) is 0.848. The lowest BCUT2D eigenvalue weighted by Gasteiger charge is -2.35. The molecular weight excluding hydrogens is 296 g/mol. The van der Waals surface area contributed by atoms with Gasteiger partial charge in [0.15, 0.2) is 9.84 Å². The molecule has 1 aliphatic rings. The smallest absolute Gasteiger partial charge is 0.317 e. The molecule has 0 aromatic carbocycles. The number of hydrogen-bond acceptors (Lipinski definition) is 4. The zero-order valence-corrected chi connectivity index (χ0v) is 13.4.